The van der Waals surface area contributed by atoms with Crippen LogP contribution in [0.5, 0.6) is 0 Å². The van der Waals surface area contributed by atoms with E-state index >= 15 is 0 Å². The second kappa shape index (κ2) is 10.0. The second-order valence-electron chi connectivity index (χ2n) is 7.41. The minimum atomic E-state index is -0.426. The molecule has 1 N–H and O–H groups in total. The number of hydrogen-bond acceptors (Lipinski definition) is 6. The highest BCUT2D eigenvalue weighted by Gasteiger charge is 2.17. The predicted molar refractivity (Wildman–Crippen MR) is 120 cm³/mol. The fourth-order valence-corrected chi connectivity index (χ4v) is 3.31. The quantitative estimate of drug-likeness (QED) is 0.543. The van der Waals surface area contributed by atoms with Crippen LogP contribution in [-0.2, 0) is 22.5 Å². The standard InChI is InChI=1S/C23H27N5O4/c1-5-7-19-13-21(30)27(23(25-19)28-16(4)12-15(3)26-28)14-20(29)24-18-10-8-17(9-11-18)22(31)32-6-2/h8-13H,5-7,14H2,1-4H3,(H,24,29). The van der Waals surface area contributed by atoms with E-state index in [-0.39, 0.29) is 18.7 Å². The van der Waals surface area contributed by atoms with Crippen molar-refractivity contribution in [3.63, 3.8) is 0 Å². The molecular formula is C23H27N5O4. The maximum Gasteiger partial charge on any atom is 0.338 e. The lowest BCUT2D eigenvalue weighted by atomic mass is 10.2. The van der Waals surface area contributed by atoms with Crippen molar-refractivity contribution in [3.05, 3.63) is 69.4 Å². The highest BCUT2D eigenvalue weighted by Crippen LogP contribution is 2.13. The van der Waals surface area contributed by atoms with E-state index in [2.05, 4.69) is 15.4 Å². The van der Waals surface area contributed by atoms with Crippen LogP contribution in [0.15, 0.2) is 41.2 Å². The molecule has 1 aromatic carbocycles. The number of aromatic nitrogens is 4. The summed E-state index contributed by atoms with van der Waals surface area (Å²) in [5.74, 6) is -0.520. The monoisotopic (exact) mass is 437 g/mol. The molecule has 2 aromatic heterocycles. The number of carbonyl (C=O) groups excluding carboxylic acids is 2. The fraction of sp³-hybridized carbons (Fsp3) is 0.348. The van der Waals surface area contributed by atoms with Crippen molar-refractivity contribution in [1.29, 1.82) is 0 Å². The molecule has 0 aliphatic carbocycles. The number of anilines is 1. The largest absolute Gasteiger partial charge is 0.462 e. The van der Waals surface area contributed by atoms with Crippen molar-refractivity contribution < 1.29 is 14.3 Å². The second-order valence-corrected chi connectivity index (χ2v) is 7.41. The van der Waals surface area contributed by atoms with Crippen molar-refractivity contribution in [3.8, 4) is 5.95 Å². The van der Waals surface area contributed by atoms with E-state index in [1.165, 1.54) is 10.6 Å². The van der Waals surface area contributed by atoms with Gasteiger partial charge in [-0.3, -0.25) is 14.2 Å². The van der Waals surface area contributed by atoms with Crippen LogP contribution in [0, 0.1) is 13.8 Å². The van der Waals surface area contributed by atoms with E-state index in [0.717, 1.165) is 17.8 Å². The molecule has 3 aromatic rings. The molecule has 0 atom stereocenters. The zero-order valence-corrected chi connectivity index (χ0v) is 18.7. The van der Waals surface area contributed by atoms with Gasteiger partial charge in [0.05, 0.1) is 17.9 Å². The van der Waals surface area contributed by atoms with Crippen LogP contribution in [0.1, 0.15) is 47.7 Å². The van der Waals surface area contributed by atoms with Gasteiger partial charge < -0.3 is 10.1 Å². The van der Waals surface area contributed by atoms with Gasteiger partial charge in [0.15, 0.2) is 0 Å². The zero-order chi connectivity index (χ0) is 23.3. The molecule has 0 fully saturated rings. The maximum absolute atomic E-state index is 12.8. The number of amides is 1. The van der Waals surface area contributed by atoms with Crippen molar-refractivity contribution >= 4 is 17.6 Å². The van der Waals surface area contributed by atoms with E-state index in [4.69, 9.17) is 4.74 Å². The average molecular weight is 438 g/mol. The first kappa shape index (κ1) is 22.9. The van der Waals surface area contributed by atoms with Gasteiger partial charge in [-0.25, -0.2) is 14.5 Å². The number of ether oxygens (including phenoxy) is 1. The predicted octanol–water partition coefficient (Wildman–Crippen LogP) is 2.81. The molecule has 0 spiro atoms. The first-order valence-electron chi connectivity index (χ1n) is 10.5. The number of nitrogens with one attached hydrogen (secondary N) is 1. The highest BCUT2D eigenvalue weighted by molar-refractivity contribution is 5.93. The van der Waals surface area contributed by atoms with Crippen molar-refractivity contribution in [2.75, 3.05) is 11.9 Å². The highest BCUT2D eigenvalue weighted by atomic mass is 16.5. The molecule has 0 unspecified atom stereocenters. The minimum absolute atomic E-state index is 0.231. The molecule has 1 amide bonds. The summed E-state index contributed by atoms with van der Waals surface area (Å²) >= 11 is 0. The Balaban J connectivity index is 1.86. The van der Waals surface area contributed by atoms with Gasteiger partial charge >= 0.3 is 5.97 Å². The third kappa shape index (κ3) is 5.29. The molecule has 9 heteroatoms. The zero-order valence-electron chi connectivity index (χ0n) is 18.7. The van der Waals surface area contributed by atoms with Crippen molar-refractivity contribution in [2.24, 2.45) is 0 Å². The lowest BCUT2D eigenvalue weighted by Gasteiger charge is -2.14. The third-order valence-electron chi connectivity index (χ3n) is 4.73. The average Bonchev–Trinajstić information content (AvgIpc) is 3.08. The molecule has 32 heavy (non-hydrogen) atoms. The van der Waals surface area contributed by atoms with Crippen LogP contribution in [0.3, 0.4) is 0 Å². The molecular weight excluding hydrogens is 410 g/mol. The first-order chi connectivity index (χ1) is 15.3. The van der Waals surface area contributed by atoms with E-state index in [0.29, 0.717) is 29.3 Å². The molecule has 0 bridgehead atoms. The van der Waals surface area contributed by atoms with Crippen molar-refractivity contribution in [2.45, 2.75) is 47.1 Å². The Morgan fingerprint density at radius 2 is 1.81 bits per heavy atom. The smallest absolute Gasteiger partial charge is 0.338 e. The van der Waals surface area contributed by atoms with Gasteiger partial charge in [-0.1, -0.05) is 13.3 Å². The number of carbonyl (C=O) groups is 2. The Morgan fingerprint density at radius 3 is 2.41 bits per heavy atom. The molecule has 2 heterocycles. The summed E-state index contributed by atoms with van der Waals surface area (Å²) in [4.78, 5) is 41.9. The molecule has 0 radical (unpaired) electrons. The number of esters is 1. The Labute approximate surface area is 186 Å². The number of aryl methyl sites for hydroxylation is 3. The van der Waals surface area contributed by atoms with E-state index < -0.39 is 11.9 Å². The SMILES string of the molecule is CCCc1cc(=O)n(CC(=O)Nc2ccc(C(=O)OCC)cc2)c(-n2nc(C)cc2C)n1. The molecule has 9 nitrogen and oxygen atoms in total. The van der Waals surface area contributed by atoms with Crippen LogP contribution in [-0.4, -0.2) is 37.8 Å². The number of rotatable bonds is 8. The van der Waals surface area contributed by atoms with E-state index in [1.54, 1.807) is 35.9 Å². The summed E-state index contributed by atoms with van der Waals surface area (Å²) in [6.45, 7) is 7.53. The molecule has 0 aliphatic rings. The maximum atomic E-state index is 12.8. The van der Waals surface area contributed by atoms with E-state index in [1.807, 2.05) is 26.8 Å². The summed E-state index contributed by atoms with van der Waals surface area (Å²) < 4.78 is 7.84. The summed E-state index contributed by atoms with van der Waals surface area (Å²) in [6.07, 6.45) is 1.50. The first-order valence-corrected chi connectivity index (χ1v) is 10.5. The van der Waals surface area contributed by atoms with Crippen LogP contribution in [0.25, 0.3) is 5.95 Å². The molecule has 0 saturated heterocycles. The van der Waals surface area contributed by atoms with Crippen LogP contribution in [0.2, 0.25) is 0 Å². The number of nitrogens with zero attached hydrogens (tertiary/aromatic N) is 4. The minimum Gasteiger partial charge on any atom is -0.462 e. The number of benzene rings is 1. The van der Waals surface area contributed by atoms with Gasteiger partial charge in [0.25, 0.3) is 5.56 Å². The molecule has 3 rings (SSSR count). The lowest BCUT2D eigenvalue weighted by Crippen LogP contribution is -2.32. The summed E-state index contributed by atoms with van der Waals surface area (Å²) in [5.41, 5.74) is 2.83. The van der Waals surface area contributed by atoms with Crippen LogP contribution in [0.4, 0.5) is 5.69 Å². The molecule has 0 saturated carbocycles. The summed E-state index contributed by atoms with van der Waals surface area (Å²) in [6, 6.07) is 9.70. The van der Waals surface area contributed by atoms with Gasteiger partial charge in [-0.2, -0.15) is 5.10 Å². The van der Waals surface area contributed by atoms with Gasteiger partial charge in [0.2, 0.25) is 11.9 Å². The van der Waals surface area contributed by atoms with Crippen LogP contribution < -0.4 is 10.9 Å². The van der Waals surface area contributed by atoms with Gasteiger partial charge in [-0.05, 0) is 57.5 Å². The lowest BCUT2D eigenvalue weighted by molar-refractivity contribution is -0.116. The summed E-state index contributed by atoms with van der Waals surface area (Å²) in [5, 5.41) is 7.18. The summed E-state index contributed by atoms with van der Waals surface area (Å²) in [7, 11) is 0. The van der Waals surface area contributed by atoms with Gasteiger partial charge in [-0.15, -0.1) is 0 Å². The van der Waals surface area contributed by atoms with E-state index in [9.17, 15) is 14.4 Å². The Morgan fingerprint density at radius 1 is 1.09 bits per heavy atom. The fourth-order valence-electron chi connectivity index (χ4n) is 3.31. The Kier molecular flexibility index (Phi) is 7.19. The number of hydrogen-bond donors (Lipinski definition) is 1. The van der Waals surface area contributed by atoms with Crippen LogP contribution >= 0.6 is 0 Å². The molecule has 0 aliphatic heterocycles. The van der Waals surface area contributed by atoms with Gasteiger partial charge in [0, 0.05) is 23.1 Å². The van der Waals surface area contributed by atoms with Crippen molar-refractivity contribution in [1.82, 2.24) is 19.3 Å². The topological polar surface area (TPSA) is 108 Å². The molecule has 168 valence electrons. The van der Waals surface area contributed by atoms with Gasteiger partial charge in [0.1, 0.15) is 6.54 Å². The Bertz CT molecular complexity index is 1180. The normalized spacial score (nSPS) is 10.8. The third-order valence-corrected chi connectivity index (χ3v) is 4.73. The Hall–Kier alpha value is -3.75.